The van der Waals surface area contributed by atoms with Crippen LogP contribution in [-0.4, -0.2) is 47.3 Å². The molecule has 8 heteroatoms. The summed E-state index contributed by atoms with van der Waals surface area (Å²) in [5, 5.41) is 2.35. The predicted molar refractivity (Wildman–Crippen MR) is 101 cm³/mol. The summed E-state index contributed by atoms with van der Waals surface area (Å²) in [5.74, 6) is -0.701. The summed E-state index contributed by atoms with van der Waals surface area (Å²) in [6.45, 7) is 1.67. The van der Waals surface area contributed by atoms with Crippen molar-refractivity contribution in [2.24, 2.45) is 7.05 Å². The molecular formula is C19H24N4O4. The van der Waals surface area contributed by atoms with E-state index in [1.165, 1.54) is 4.57 Å². The van der Waals surface area contributed by atoms with Gasteiger partial charge in [0.25, 0.3) is 0 Å². The molecule has 2 amide bonds. The molecule has 1 aromatic heterocycles. The quantitative estimate of drug-likeness (QED) is 0.811. The SMILES string of the molecule is CO[C@H]1CCCN(c2cccc3c2n(C)c(=O)n3C2CCC(=O)NC2=O)C1. The lowest BCUT2D eigenvalue weighted by atomic mass is 10.1. The van der Waals surface area contributed by atoms with E-state index >= 15 is 0 Å². The van der Waals surface area contributed by atoms with Gasteiger partial charge in [-0.3, -0.25) is 24.0 Å². The standard InChI is InChI=1S/C19H24N4O4/c1-21-17-13(22-10-4-5-12(11-22)27-2)6-3-7-14(17)23(19(21)26)15-8-9-16(24)20-18(15)25/h3,6-7,12,15H,4-5,8-11H2,1-2H3,(H,20,24,25)/t12-,15?/m0/s1. The minimum absolute atomic E-state index is 0.170. The van der Waals surface area contributed by atoms with Crippen LogP contribution in [0.5, 0.6) is 0 Å². The minimum atomic E-state index is -0.665. The number of fused-ring (bicyclic) bond motifs is 1. The average Bonchev–Trinajstić information content (AvgIpc) is 2.93. The molecule has 0 aliphatic carbocycles. The van der Waals surface area contributed by atoms with Gasteiger partial charge in [0, 0.05) is 33.7 Å². The molecule has 0 saturated carbocycles. The Labute approximate surface area is 156 Å². The zero-order chi connectivity index (χ0) is 19.1. The van der Waals surface area contributed by atoms with Crippen LogP contribution in [0.15, 0.2) is 23.0 Å². The molecule has 2 aliphatic rings. The molecular weight excluding hydrogens is 348 g/mol. The van der Waals surface area contributed by atoms with E-state index in [1.54, 1.807) is 18.7 Å². The van der Waals surface area contributed by atoms with Gasteiger partial charge in [-0.25, -0.2) is 4.79 Å². The number of carbonyl (C=O) groups excluding carboxylic acids is 2. The first-order valence-corrected chi connectivity index (χ1v) is 9.32. The molecule has 2 aliphatic heterocycles. The number of hydrogen-bond acceptors (Lipinski definition) is 5. The first kappa shape index (κ1) is 17.8. The molecule has 3 heterocycles. The number of methoxy groups -OCH3 is 1. The number of amides is 2. The van der Waals surface area contributed by atoms with Gasteiger partial charge in [0.2, 0.25) is 11.8 Å². The van der Waals surface area contributed by atoms with Crippen LogP contribution in [-0.2, 0) is 21.4 Å². The molecule has 0 spiro atoms. The van der Waals surface area contributed by atoms with Crippen LogP contribution >= 0.6 is 0 Å². The van der Waals surface area contributed by atoms with E-state index in [-0.39, 0.29) is 24.1 Å². The zero-order valence-corrected chi connectivity index (χ0v) is 15.6. The highest BCUT2D eigenvalue weighted by atomic mass is 16.5. The number of para-hydroxylation sites is 1. The molecule has 1 unspecified atom stereocenters. The maximum Gasteiger partial charge on any atom is 0.329 e. The number of rotatable bonds is 3. The molecule has 2 atom stereocenters. The number of nitrogens with zero attached hydrogens (tertiary/aromatic N) is 3. The van der Waals surface area contributed by atoms with Gasteiger partial charge in [-0.05, 0) is 31.4 Å². The van der Waals surface area contributed by atoms with Crippen molar-refractivity contribution in [1.29, 1.82) is 0 Å². The van der Waals surface area contributed by atoms with Gasteiger partial charge >= 0.3 is 5.69 Å². The zero-order valence-electron chi connectivity index (χ0n) is 15.6. The number of imidazole rings is 1. The van der Waals surface area contributed by atoms with Gasteiger partial charge in [-0.15, -0.1) is 0 Å². The number of piperidine rings is 2. The van der Waals surface area contributed by atoms with E-state index in [9.17, 15) is 14.4 Å². The second kappa shape index (κ2) is 6.84. The third kappa shape index (κ3) is 2.93. The summed E-state index contributed by atoms with van der Waals surface area (Å²) in [7, 11) is 3.46. The summed E-state index contributed by atoms with van der Waals surface area (Å²) < 4.78 is 8.66. The van der Waals surface area contributed by atoms with Crippen molar-refractivity contribution in [3.63, 3.8) is 0 Å². The highest BCUT2D eigenvalue weighted by Gasteiger charge is 2.32. The van der Waals surface area contributed by atoms with Crippen LogP contribution in [0, 0.1) is 0 Å². The summed E-state index contributed by atoms with van der Waals surface area (Å²) in [4.78, 5) is 39.1. The van der Waals surface area contributed by atoms with Crippen molar-refractivity contribution < 1.29 is 14.3 Å². The molecule has 144 valence electrons. The third-order valence-electron chi connectivity index (χ3n) is 5.66. The first-order chi connectivity index (χ1) is 13.0. The van der Waals surface area contributed by atoms with Crippen molar-refractivity contribution in [3.8, 4) is 0 Å². The summed E-state index contributed by atoms with van der Waals surface area (Å²) in [6, 6.07) is 5.12. The monoisotopic (exact) mass is 372 g/mol. The van der Waals surface area contributed by atoms with Crippen LogP contribution in [0.3, 0.4) is 0 Å². The number of nitrogens with one attached hydrogen (secondary N) is 1. The van der Waals surface area contributed by atoms with Crippen molar-refractivity contribution >= 4 is 28.5 Å². The Morgan fingerprint density at radius 2 is 2.00 bits per heavy atom. The fourth-order valence-electron chi connectivity index (χ4n) is 4.25. The molecule has 2 fully saturated rings. The number of aromatic nitrogens is 2. The fourth-order valence-corrected chi connectivity index (χ4v) is 4.25. The number of ether oxygens (including phenoxy) is 1. The summed E-state index contributed by atoms with van der Waals surface area (Å²) in [6.07, 6.45) is 2.79. The second-order valence-corrected chi connectivity index (χ2v) is 7.27. The predicted octanol–water partition coefficient (Wildman–Crippen LogP) is 0.933. The number of carbonyl (C=O) groups is 2. The maximum atomic E-state index is 13.0. The topological polar surface area (TPSA) is 85.6 Å². The molecule has 2 saturated heterocycles. The Kier molecular flexibility index (Phi) is 4.51. The fraction of sp³-hybridized carbons (Fsp3) is 0.526. The minimum Gasteiger partial charge on any atom is -0.380 e. The number of benzene rings is 1. The van der Waals surface area contributed by atoms with Gasteiger partial charge < -0.3 is 9.64 Å². The lowest BCUT2D eigenvalue weighted by Gasteiger charge is -2.34. The number of hydrogen-bond donors (Lipinski definition) is 1. The third-order valence-corrected chi connectivity index (χ3v) is 5.66. The van der Waals surface area contributed by atoms with Crippen LogP contribution in [0.1, 0.15) is 31.7 Å². The van der Waals surface area contributed by atoms with E-state index < -0.39 is 11.9 Å². The molecule has 4 rings (SSSR count). The van der Waals surface area contributed by atoms with E-state index in [0.29, 0.717) is 11.9 Å². The van der Waals surface area contributed by atoms with E-state index in [0.717, 1.165) is 37.1 Å². The lowest BCUT2D eigenvalue weighted by molar-refractivity contribution is -0.135. The van der Waals surface area contributed by atoms with Gasteiger partial charge in [0.15, 0.2) is 0 Å². The number of aryl methyl sites for hydroxylation is 1. The molecule has 1 aromatic carbocycles. The molecule has 8 nitrogen and oxygen atoms in total. The van der Waals surface area contributed by atoms with E-state index in [2.05, 4.69) is 10.2 Å². The average molecular weight is 372 g/mol. The van der Waals surface area contributed by atoms with Crippen LogP contribution in [0.4, 0.5) is 5.69 Å². The van der Waals surface area contributed by atoms with Crippen molar-refractivity contribution in [2.45, 2.75) is 37.8 Å². The number of anilines is 1. The molecule has 1 N–H and O–H groups in total. The van der Waals surface area contributed by atoms with Crippen LogP contribution < -0.4 is 15.9 Å². The molecule has 27 heavy (non-hydrogen) atoms. The van der Waals surface area contributed by atoms with E-state index in [4.69, 9.17) is 4.74 Å². The molecule has 0 radical (unpaired) electrons. The lowest BCUT2D eigenvalue weighted by Crippen LogP contribution is -2.44. The normalized spacial score (nSPS) is 23.7. The van der Waals surface area contributed by atoms with Crippen molar-refractivity contribution in [3.05, 3.63) is 28.7 Å². The van der Waals surface area contributed by atoms with Crippen LogP contribution in [0.2, 0.25) is 0 Å². The van der Waals surface area contributed by atoms with Gasteiger partial charge in [-0.1, -0.05) is 6.07 Å². The summed E-state index contributed by atoms with van der Waals surface area (Å²) in [5.41, 5.74) is 2.25. The van der Waals surface area contributed by atoms with Gasteiger partial charge in [-0.2, -0.15) is 0 Å². The highest BCUT2D eigenvalue weighted by molar-refractivity contribution is 6.00. The number of imide groups is 1. The highest BCUT2D eigenvalue weighted by Crippen LogP contribution is 2.31. The first-order valence-electron chi connectivity index (χ1n) is 9.32. The molecule has 0 bridgehead atoms. The second-order valence-electron chi connectivity index (χ2n) is 7.27. The van der Waals surface area contributed by atoms with Gasteiger partial charge in [0.05, 0.1) is 22.8 Å². The Bertz CT molecular complexity index is 961. The van der Waals surface area contributed by atoms with Crippen molar-refractivity contribution in [2.75, 3.05) is 25.1 Å². The van der Waals surface area contributed by atoms with Crippen molar-refractivity contribution in [1.82, 2.24) is 14.5 Å². The maximum absolute atomic E-state index is 13.0. The summed E-state index contributed by atoms with van der Waals surface area (Å²) >= 11 is 0. The Morgan fingerprint density at radius 1 is 1.19 bits per heavy atom. The van der Waals surface area contributed by atoms with E-state index in [1.807, 2.05) is 18.2 Å². The molecule has 2 aromatic rings. The van der Waals surface area contributed by atoms with Gasteiger partial charge in [0.1, 0.15) is 6.04 Å². The largest absolute Gasteiger partial charge is 0.380 e. The Morgan fingerprint density at radius 3 is 2.74 bits per heavy atom. The smallest absolute Gasteiger partial charge is 0.329 e. The Balaban J connectivity index is 1.82. The Hall–Kier alpha value is -2.61. The van der Waals surface area contributed by atoms with Crippen LogP contribution in [0.25, 0.3) is 11.0 Å².